The number of aryl methyl sites for hydroxylation is 2. The van der Waals surface area contributed by atoms with Gasteiger partial charge < -0.3 is 11.5 Å². The maximum atomic E-state index is 13.4. The van der Waals surface area contributed by atoms with Crippen molar-refractivity contribution in [2.75, 3.05) is 31.9 Å². The van der Waals surface area contributed by atoms with Crippen LogP contribution in [0.2, 0.25) is 0 Å². The highest BCUT2D eigenvalue weighted by atomic mass is 16.1. The van der Waals surface area contributed by atoms with Gasteiger partial charge in [-0.25, -0.2) is 0 Å². The van der Waals surface area contributed by atoms with Crippen molar-refractivity contribution in [2.24, 2.45) is 5.73 Å². The summed E-state index contributed by atoms with van der Waals surface area (Å²) in [4.78, 5) is 18.3. The first-order chi connectivity index (χ1) is 19.2. The fraction of sp³-hybridized carbons (Fsp3) is 0.343. The van der Waals surface area contributed by atoms with Crippen LogP contribution in [0.5, 0.6) is 0 Å². The lowest BCUT2D eigenvalue weighted by Gasteiger charge is -2.46. The Kier molecular flexibility index (Phi) is 8.65. The molecule has 0 unspecified atom stereocenters. The first kappa shape index (κ1) is 28.0. The fourth-order valence-electron chi connectivity index (χ4n) is 6.10. The van der Waals surface area contributed by atoms with E-state index in [4.69, 9.17) is 11.5 Å². The van der Waals surface area contributed by atoms with Crippen LogP contribution in [0.4, 0.5) is 5.69 Å². The lowest BCUT2D eigenvalue weighted by atomic mass is 9.96. The predicted molar refractivity (Wildman–Crippen MR) is 167 cm³/mol. The molecule has 4 aromatic rings. The molecule has 4 N–H and O–H groups in total. The Morgan fingerprint density at radius 2 is 1.65 bits per heavy atom. The third-order valence-electron chi connectivity index (χ3n) is 8.40. The van der Waals surface area contributed by atoms with Gasteiger partial charge in [0.2, 0.25) is 0 Å². The zero-order valence-corrected chi connectivity index (χ0v) is 24.0. The van der Waals surface area contributed by atoms with Crippen molar-refractivity contribution in [3.8, 4) is 0 Å². The van der Waals surface area contributed by atoms with Gasteiger partial charge in [0.1, 0.15) is 0 Å². The van der Waals surface area contributed by atoms with E-state index in [1.807, 2.05) is 42.5 Å². The van der Waals surface area contributed by atoms with E-state index in [1.165, 1.54) is 22.3 Å². The number of anilines is 1. The Balaban J connectivity index is 1.31. The van der Waals surface area contributed by atoms with E-state index < -0.39 is 0 Å². The topological polar surface area (TPSA) is 75.6 Å². The number of fused-ring (bicyclic) bond motifs is 1. The van der Waals surface area contributed by atoms with Gasteiger partial charge in [0.15, 0.2) is 5.78 Å². The van der Waals surface area contributed by atoms with Crippen molar-refractivity contribution >= 4 is 22.2 Å². The quantitative estimate of drug-likeness (QED) is 0.222. The van der Waals surface area contributed by atoms with E-state index in [0.29, 0.717) is 6.54 Å². The number of hydrogen-bond donors (Lipinski definition) is 2. The van der Waals surface area contributed by atoms with Gasteiger partial charge in [-0.1, -0.05) is 72.3 Å². The first-order valence-corrected chi connectivity index (χ1v) is 14.4. The van der Waals surface area contributed by atoms with E-state index >= 15 is 0 Å². The van der Waals surface area contributed by atoms with Gasteiger partial charge >= 0.3 is 0 Å². The van der Waals surface area contributed by atoms with Gasteiger partial charge in [-0.05, 0) is 79.3 Å². The predicted octanol–water partition coefficient (Wildman–Crippen LogP) is 5.41. The van der Waals surface area contributed by atoms with Crippen LogP contribution in [0.1, 0.15) is 39.5 Å². The highest BCUT2D eigenvalue weighted by Crippen LogP contribution is 2.23. The van der Waals surface area contributed by atoms with Gasteiger partial charge in [-0.3, -0.25) is 14.6 Å². The largest absolute Gasteiger partial charge is 0.399 e. The van der Waals surface area contributed by atoms with Crippen molar-refractivity contribution in [1.29, 1.82) is 0 Å². The molecule has 5 rings (SSSR count). The SMILES string of the molecule is Cc1ccc(C[C@@H](N)CN2C[C@@H](C)N(CC(=O)c3ccc4ccccc4c3)C[C@@H]2Cc2ccc(N)cc2)c(C)c1. The average Bonchev–Trinajstić information content (AvgIpc) is 2.93. The van der Waals surface area contributed by atoms with Crippen LogP contribution in [0.25, 0.3) is 10.8 Å². The third kappa shape index (κ3) is 6.79. The van der Waals surface area contributed by atoms with Crippen LogP contribution in [-0.2, 0) is 12.8 Å². The summed E-state index contributed by atoms with van der Waals surface area (Å²) in [6.45, 7) is 9.47. The normalized spacial score (nSPS) is 19.1. The van der Waals surface area contributed by atoms with Crippen molar-refractivity contribution < 1.29 is 4.79 Å². The molecule has 1 saturated heterocycles. The molecule has 40 heavy (non-hydrogen) atoms. The molecule has 0 radical (unpaired) electrons. The van der Waals surface area contributed by atoms with Gasteiger partial charge in [0.25, 0.3) is 0 Å². The summed E-state index contributed by atoms with van der Waals surface area (Å²) < 4.78 is 0. The van der Waals surface area contributed by atoms with Crippen molar-refractivity contribution in [3.63, 3.8) is 0 Å². The van der Waals surface area contributed by atoms with Crippen LogP contribution in [0.15, 0.2) is 84.9 Å². The first-order valence-electron chi connectivity index (χ1n) is 14.4. The Bertz CT molecular complexity index is 1460. The molecule has 1 aliphatic rings. The Morgan fingerprint density at radius 1 is 0.900 bits per heavy atom. The number of nitrogen functional groups attached to an aromatic ring is 1. The molecule has 0 saturated carbocycles. The van der Waals surface area contributed by atoms with Gasteiger partial charge in [0, 0.05) is 49.0 Å². The number of nitrogens with two attached hydrogens (primary N) is 2. The summed E-state index contributed by atoms with van der Waals surface area (Å²) in [6.07, 6.45) is 1.75. The second-order valence-corrected chi connectivity index (χ2v) is 11.7. The Labute approximate surface area is 238 Å². The Hall–Kier alpha value is -3.51. The zero-order valence-electron chi connectivity index (χ0n) is 24.0. The highest BCUT2D eigenvalue weighted by Gasteiger charge is 2.33. The summed E-state index contributed by atoms with van der Waals surface area (Å²) in [5.41, 5.74) is 19.4. The van der Waals surface area contributed by atoms with Gasteiger partial charge in [0.05, 0.1) is 6.54 Å². The van der Waals surface area contributed by atoms with E-state index in [1.54, 1.807) is 0 Å². The molecule has 5 nitrogen and oxygen atoms in total. The monoisotopic (exact) mass is 534 g/mol. The molecule has 5 heteroatoms. The van der Waals surface area contributed by atoms with Gasteiger partial charge in [-0.15, -0.1) is 0 Å². The average molecular weight is 535 g/mol. The summed E-state index contributed by atoms with van der Waals surface area (Å²) in [5, 5.41) is 2.26. The minimum atomic E-state index is 0.0355. The maximum absolute atomic E-state index is 13.4. The second-order valence-electron chi connectivity index (χ2n) is 11.7. The van der Waals surface area contributed by atoms with Crippen LogP contribution >= 0.6 is 0 Å². The number of ketones is 1. The zero-order chi connectivity index (χ0) is 28.2. The minimum absolute atomic E-state index is 0.0355. The molecule has 0 aliphatic carbocycles. The van der Waals surface area contributed by atoms with E-state index in [-0.39, 0.29) is 23.9 Å². The molecule has 1 aliphatic heterocycles. The smallest absolute Gasteiger partial charge is 0.176 e. The van der Waals surface area contributed by atoms with Gasteiger partial charge in [-0.2, -0.15) is 0 Å². The third-order valence-corrected chi connectivity index (χ3v) is 8.40. The van der Waals surface area contributed by atoms with E-state index in [2.05, 4.69) is 73.0 Å². The Morgan fingerprint density at radius 3 is 2.40 bits per heavy atom. The summed E-state index contributed by atoms with van der Waals surface area (Å²) in [7, 11) is 0. The summed E-state index contributed by atoms with van der Waals surface area (Å²) in [5.74, 6) is 0.170. The number of nitrogens with zero attached hydrogens (tertiary/aromatic N) is 2. The molecule has 0 aromatic heterocycles. The standard InChI is InChI=1S/C35H42N4O/c1-24-8-11-29(25(2)16-24)19-33(37)21-39-20-26(3)38(22-34(39)17-27-9-14-32(36)15-10-27)23-35(40)31-13-12-28-6-4-5-7-30(28)18-31/h4-16,18,26,33-34H,17,19-23,36-37H2,1-3H3/t26-,33-,34+/m1/s1. The molecular formula is C35H42N4O. The summed E-state index contributed by atoms with van der Waals surface area (Å²) >= 11 is 0. The number of benzene rings is 4. The number of carbonyl (C=O) groups excluding carboxylic acids is 1. The lowest BCUT2D eigenvalue weighted by molar-refractivity contribution is 0.0313. The molecule has 1 fully saturated rings. The van der Waals surface area contributed by atoms with Crippen molar-refractivity contribution in [3.05, 3.63) is 113 Å². The van der Waals surface area contributed by atoms with E-state index in [0.717, 1.165) is 54.5 Å². The fourth-order valence-corrected chi connectivity index (χ4v) is 6.10. The van der Waals surface area contributed by atoms with E-state index in [9.17, 15) is 4.79 Å². The molecule has 0 spiro atoms. The molecule has 4 aromatic carbocycles. The van der Waals surface area contributed by atoms with Crippen LogP contribution in [0.3, 0.4) is 0 Å². The molecule has 3 atom stereocenters. The number of hydrogen-bond acceptors (Lipinski definition) is 5. The molecule has 0 bridgehead atoms. The van der Waals surface area contributed by atoms with Crippen LogP contribution in [0, 0.1) is 13.8 Å². The van der Waals surface area contributed by atoms with Crippen LogP contribution in [-0.4, -0.2) is 59.9 Å². The number of Topliss-reactive ketones (excluding diaryl/α,β-unsaturated/α-hetero) is 1. The molecular weight excluding hydrogens is 492 g/mol. The minimum Gasteiger partial charge on any atom is -0.399 e. The molecule has 0 amide bonds. The van der Waals surface area contributed by atoms with Crippen molar-refractivity contribution in [1.82, 2.24) is 9.80 Å². The lowest BCUT2D eigenvalue weighted by Crippen LogP contribution is -2.60. The summed E-state index contributed by atoms with van der Waals surface area (Å²) in [6, 6.07) is 29.6. The number of rotatable bonds is 9. The second kappa shape index (κ2) is 12.3. The van der Waals surface area contributed by atoms with Crippen molar-refractivity contribution in [2.45, 2.75) is 51.7 Å². The maximum Gasteiger partial charge on any atom is 0.176 e. The number of carbonyl (C=O) groups is 1. The molecule has 208 valence electrons. The van der Waals surface area contributed by atoms with Crippen LogP contribution < -0.4 is 11.5 Å². The highest BCUT2D eigenvalue weighted by molar-refractivity contribution is 6.01. The number of piperazine rings is 1. The molecule has 1 heterocycles.